The lowest BCUT2D eigenvalue weighted by molar-refractivity contribution is -0.302. The van der Waals surface area contributed by atoms with Crippen LogP contribution in [0.5, 0.6) is 0 Å². The van der Waals surface area contributed by atoms with Crippen LogP contribution in [0.1, 0.15) is 373 Å². The molecular formula is C72H139NO8. The molecule has 9 nitrogen and oxygen atoms in total. The van der Waals surface area contributed by atoms with E-state index >= 15 is 0 Å². The summed E-state index contributed by atoms with van der Waals surface area (Å²) >= 11 is 0. The highest BCUT2D eigenvalue weighted by Gasteiger charge is 2.44. The highest BCUT2D eigenvalue weighted by Crippen LogP contribution is 2.24. The third-order valence-corrected chi connectivity index (χ3v) is 17.5. The first-order chi connectivity index (χ1) is 39.8. The molecule has 480 valence electrons. The zero-order chi connectivity index (χ0) is 58.6. The highest BCUT2D eigenvalue weighted by molar-refractivity contribution is 5.76. The Hall–Kier alpha value is -1.33. The molecule has 0 aliphatic carbocycles. The summed E-state index contributed by atoms with van der Waals surface area (Å²) in [6, 6.07) is -0.820. The Morgan fingerprint density at radius 2 is 0.704 bits per heavy atom. The van der Waals surface area contributed by atoms with Gasteiger partial charge in [-0.3, -0.25) is 4.79 Å². The molecule has 0 aromatic carbocycles. The zero-order valence-corrected chi connectivity index (χ0v) is 53.8. The van der Waals surface area contributed by atoms with Gasteiger partial charge in [-0.15, -0.1) is 0 Å². The molecule has 7 unspecified atom stereocenters. The van der Waals surface area contributed by atoms with Crippen molar-refractivity contribution >= 4 is 5.91 Å². The summed E-state index contributed by atoms with van der Waals surface area (Å²) in [6.07, 6.45) is 74.6. The van der Waals surface area contributed by atoms with E-state index in [1.165, 1.54) is 315 Å². The molecule has 0 bridgehead atoms. The van der Waals surface area contributed by atoms with Gasteiger partial charge in [-0.05, 0) is 32.1 Å². The Labute approximate surface area is 502 Å². The van der Waals surface area contributed by atoms with Crippen molar-refractivity contribution in [2.75, 3.05) is 13.2 Å². The quantitative estimate of drug-likeness (QED) is 0.0261. The standard InChI is InChI=1S/C72H139NO8/c1-3-5-7-9-11-13-15-17-19-21-23-24-25-26-27-28-29-30-31-32-33-34-35-36-37-38-39-40-41-42-44-46-48-50-52-54-56-58-60-62-68(76)73-65(64-80-72-71(79)70(78)69(77)67(63-74)81-72)66(75)61-59-57-55-53-51-49-47-45-43-22-20-18-16-14-12-10-8-6-4-2/h51,53,59,61,65-67,69-72,74-75,77-79H,3-50,52,54-58,60,62-64H2,1-2H3,(H,73,76)/b53-51+,61-59+. The van der Waals surface area contributed by atoms with E-state index in [4.69, 9.17) is 9.47 Å². The van der Waals surface area contributed by atoms with Gasteiger partial charge in [0, 0.05) is 6.42 Å². The number of hydrogen-bond donors (Lipinski definition) is 6. The molecule has 6 N–H and O–H groups in total. The third kappa shape index (κ3) is 50.5. The van der Waals surface area contributed by atoms with Crippen molar-refractivity contribution in [3.8, 4) is 0 Å². The van der Waals surface area contributed by atoms with Crippen LogP contribution in [0.25, 0.3) is 0 Å². The molecule has 1 aliphatic rings. The Kier molecular flexibility index (Phi) is 59.2. The summed E-state index contributed by atoms with van der Waals surface area (Å²) in [5.74, 6) is -0.178. The van der Waals surface area contributed by atoms with Crippen molar-refractivity contribution in [2.24, 2.45) is 0 Å². The Balaban J connectivity index is 2.04. The summed E-state index contributed by atoms with van der Waals surface area (Å²) in [5.41, 5.74) is 0. The van der Waals surface area contributed by atoms with Crippen LogP contribution in [0.15, 0.2) is 24.3 Å². The van der Waals surface area contributed by atoms with E-state index in [2.05, 4.69) is 31.3 Å². The second-order valence-electron chi connectivity index (χ2n) is 25.4. The van der Waals surface area contributed by atoms with Gasteiger partial charge in [-0.1, -0.05) is 359 Å². The van der Waals surface area contributed by atoms with Gasteiger partial charge in [0.2, 0.25) is 5.91 Å². The van der Waals surface area contributed by atoms with E-state index < -0.39 is 49.5 Å². The van der Waals surface area contributed by atoms with Gasteiger partial charge in [-0.25, -0.2) is 0 Å². The minimum Gasteiger partial charge on any atom is -0.394 e. The molecule has 1 aliphatic heterocycles. The van der Waals surface area contributed by atoms with Gasteiger partial charge in [0.15, 0.2) is 6.29 Å². The number of carbonyl (C=O) groups excluding carboxylic acids is 1. The number of carbonyl (C=O) groups is 1. The lowest BCUT2D eigenvalue weighted by Crippen LogP contribution is -2.60. The predicted octanol–water partition coefficient (Wildman–Crippen LogP) is 19.6. The molecule has 0 aromatic heterocycles. The first kappa shape index (κ1) is 77.7. The second-order valence-corrected chi connectivity index (χ2v) is 25.4. The van der Waals surface area contributed by atoms with Gasteiger partial charge >= 0.3 is 0 Å². The Morgan fingerprint density at radius 1 is 0.407 bits per heavy atom. The van der Waals surface area contributed by atoms with Crippen LogP contribution in [-0.2, 0) is 14.3 Å². The average Bonchev–Trinajstić information content (AvgIpc) is 3.51. The topological polar surface area (TPSA) is 149 Å². The molecule has 1 rings (SSSR count). The monoisotopic (exact) mass is 1150 g/mol. The number of rotatable bonds is 64. The van der Waals surface area contributed by atoms with E-state index in [-0.39, 0.29) is 12.5 Å². The van der Waals surface area contributed by atoms with Crippen molar-refractivity contribution < 1.29 is 39.8 Å². The predicted molar refractivity (Wildman–Crippen MR) is 346 cm³/mol. The van der Waals surface area contributed by atoms with Crippen LogP contribution >= 0.6 is 0 Å². The fourth-order valence-corrected chi connectivity index (χ4v) is 11.9. The van der Waals surface area contributed by atoms with E-state index in [1.807, 2.05) is 6.08 Å². The van der Waals surface area contributed by atoms with Gasteiger partial charge in [0.1, 0.15) is 24.4 Å². The molecule has 9 heteroatoms. The fraction of sp³-hybridized carbons (Fsp3) is 0.931. The molecule has 0 radical (unpaired) electrons. The molecule has 81 heavy (non-hydrogen) atoms. The van der Waals surface area contributed by atoms with Crippen LogP contribution < -0.4 is 5.32 Å². The third-order valence-electron chi connectivity index (χ3n) is 17.5. The Bertz CT molecular complexity index is 1330. The smallest absolute Gasteiger partial charge is 0.220 e. The van der Waals surface area contributed by atoms with Gasteiger partial charge < -0.3 is 40.3 Å². The molecule has 1 fully saturated rings. The molecule has 0 aromatic rings. The zero-order valence-electron chi connectivity index (χ0n) is 53.8. The lowest BCUT2D eigenvalue weighted by atomic mass is 9.99. The minimum absolute atomic E-state index is 0.178. The number of ether oxygens (including phenoxy) is 2. The molecule has 1 amide bonds. The maximum absolute atomic E-state index is 13.1. The van der Waals surface area contributed by atoms with Crippen molar-refractivity contribution in [3.05, 3.63) is 24.3 Å². The van der Waals surface area contributed by atoms with Crippen LogP contribution in [0.3, 0.4) is 0 Å². The molecule has 1 heterocycles. The van der Waals surface area contributed by atoms with Crippen LogP contribution in [-0.4, -0.2) is 87.5 Å². The summed E-state index contributed by atoms with van der Waals surface area (Å²) in [6.45, 7) is 3.82. The minimum atomic E-state index is -1.57. The maximum atomic E-state index is 13.1. The van der Waals surface area contributed by atoms with E-state index in [0.29, 0.717) is 6.42 Å². The number of amides is 1. The molecule has 1 saturated heterocycles. The van der Waals surface area contributed by atoms with Crippen molar-refractivity contribution in [1.29, 1.82) is 0 Å². The molecular weight excluding hydrogens is 1010 g/mol. The number of hydrogen-bond acceptors (Lipinski definition) is 8. The first-order valence-electron chi connectivity index (χ1n) is 36.1. The number of nitrogens with one attached hydrogen (secondary N) is 1. The van der Waals surface area contributed by atoms with E-state index in [0.717, 1.165) is 38.5 Å². The first-order valence-corrected chi connectivity index (χ1v) is 36.1. The Morgan fingerprint density at radius 3 is 1.04 bits per heavy atom. The van der Waals surface area contributed by atoms with Gasteiger partial charge in [0.05, 0.1) is 25.4 Å². The van der Waals surface area contributed by atoms with Crippen LogP contribution in [0, 0.1) is 0 Å². The summed E-state index contributed by atoms with van der Waals surface area (Å²) in [4.78, 5) is 13.1. The van der Waals surface area contributed by atoms with E-state index in [9.17, 15) is 30.3 Å². The number of unbranched alkanes of at least 4 members (excludes halogenated alkanes) is 52. The molecule has 0 saturated carbocycles. The average molecular weight is 1150 g/mol. The molecule has 7 atom stereocenters. The van der Waals surface area contributed by atoms with Crippen molar-refractivity contribution in [2.45, 2.75) is 416 Å². The maximum Gasteiger partial charge on any atom is 0.220 e. The summed E-state index contributed by atoms with van der Waals surface area (Å²) in [5, 5.41) is 54.7. The SMILES string of the molecule is CCCCCCCCCCCCCCC/C=C/CC/C=C/C(O)C(COC1OC(CO)C(O)C(O)C1O)NC(=O)CCCCCCCCCCCCCCCCCCCCCCCCCCCCCCCCCCCCCCCCC. The number of allylic oxidation sites excluding steroid dienone is 3. The second kappa shape index (κ2) is 61.7. The summed E-state index contributed by atoms with van der Waals surface area (Å²) < 4.78 is 11.3. The molecule has 0 spiro atoms. The van der Waals surface area contributed by atoms with E-state index in [1.54, 1.807) is 6.08 Å². The lowest BCUT2D eigenvalue weighted by Gasteiger charge is -2.40. The van der Waals surface area contributed by atoms with Crippen molar-refractivity contribution in [3.63, 3.8) is 0 Å². The number of aliphatic hydroxyl groups excluding tert-OH is 5. The normalized spacial score (nSPS) is 18.4. The van der Waals surface area contributed by atoms with Gasteiger partial charge in [-0.2, -0.15) is 0 Å². The highest BCUT2D eigenvalue weighted by atomic mass is 16.7. The summed E-state index contributed by atoms with van der Waals surface area (Å²) in [7, 11) is 0. The van der Waals surface area contributed by atoms with Gasteiger partial charge in [0.25, 0.3) is 0 Å². The largest absolute Gasteiger partial charge is 0.394 e. The van der Waals surface area contributed by atoms with Crippen LogP contribution in [0.4, 0.5) is 0 Å². The fourth-order valence-electron chi connectivity index (χ4n) is 11.9. The van der Waals surface area contributed by atoms with Crippen LogP contribution in [0.2, 0.25) is 0 Å². The number of aliphatic hydroxyl groups is 5. The van der Waals surface area contributed by atoms with Crippen molar-refractivity contribution in [1.82, 2.24) is 5.32 Å².